The molecule has 1 aromatic carbocycles. The lowest BCUT2D eigenvalue weighted by atomic mass is 9.75. The molecule has 2 heterocycles. The molecule has 2 aliphatic heterocycles. The summed E-state index contributed by atoms with van der Waals surface area (Å²) < 4.78 is 11.3. The quantitative estimate of drug-likeness (QED) is 0.690. The molecule has 0 spiro atoms. The monoisotopic (exact) mass is 454 g/mol. The van der Waals surface area contributed by atoms with Crippen LogP contribution in [0.5, 0.6) is 0 Å². The summed E-state index contributed by atoms with van der Waals surface area (Å²) in [6.45, 7) is 0. The Hall–Kier alpha value is -4.30. The van der Waals surface area contributed by atoms with Gasteiger partial charge in [0.25, 0.3) is 0 Å². The van der Waals surface area contributed by atoms with Crippen LogP contribution in [0.3, 0.4) is 0 Å². The lowest BCUT2D eigenvalue weighted by Crippen LogP contribution is -2.28. The molecule has 2 atom stereocenters. The fourth-order valence-electron chi connectivity index (χ4n) is 5.26. The second-order valence-electron chi connectivity index (χ2n) is 8.74. The zero-order valence-electron chi connectivity index (χ0n) is 18.4. The molecule has 4 aliphatic rings. The van der Waals surface area contributed by atoms with Gasteiger partial charge in [-0.05, 0) is 24.0 Å². The van der Waals surface area contributed by atoms with E-state index in [1.54, 1.807) is 24.3 Å². The van der Waals surface area contributed by atoms with Crippen molar-refractivity contribution in [3.63, 3.8) is 0 Å². The number of hydrogen-bond acceptors (Lipinski definition) is 8. The number of carbonyl (C=O) groups excluding carboxylic acids is 2. The maximum absolute atomic E-state index is 12.8. The standard InChI is InChI=1S/C26H22N4O4/c27-11-15-21(23-17(31)3-1-5-19(23)33-25(15)29)13-7-9-14(10-8-13)22-16(12-28)26(30)34-20-6-2-4-18(32)24(20)22/h7-10,21-22H,1-6,29-30H2/t21-,22+. The van der Waals surface area contributed by atoms with Gasteiger partial charge in [0.2, 0.25) is 11.8 Å². The maximum Gasteiger partial charge on any atom is 0.205 e. The molecule has 1 aromatic rings. The normalized spacial score (nSPS) is 24.6. The molecular weight excluding hydrogens is 432 g/mol. The average molecular weight is 454 g/mol. The molecule has 34 heavy (non-hydrogen) atoms. The van der Waals surface area contributed by atoms with Crippen LogP contribution in [0.15, 0.2) is 69.8 Å². The number of nitrogens with two attached hydrogens (primary N) is 2. The number of benzene rings is 1. The highest BCUT2D eigenvalue weighted by Crippen LogP contribution is 2.46. The van der Waals surface area contributed by atoms with Crippen LogP contribution in [0, 0.1) is 22.7 Å². The largest absolute Gasteiger partial charge is 0.444 e. The summed E-state index contributed by atoms with van der Waals surface area (Å²) in [5.41, 5.74) is 14.8. The minimum absolute atomic E-state index is 0.0135. The van der Waals surface area contributed by atoms with E-state index in [1.165, 1.54) is 0 Å². The Balaban J connectivity index is 1.59. The Labute approximate surface area is 196 Å². The van der Waals surface area contributed by atoms with E-state index in [2.05, 4.69) is 12.1 Å². The Morgan fingerprint density at radius 3 is 1.44 bits per heavy atom. The van der Waals surface area contributed by atoms with Crippen molar-refractivity contribution < 1.29 is 19.1 Å². The van der Waals surface area contributed by atoms with E-state index in [9.17, 15) is 20.1 Å². The van der Waals surface area contributed by atoms with Gasteiger partial charge >= 0.3 is 0 Å². The van der Waals surface area contributed by atoms with E-state index in [0.29, 0.717) is 72.3 Å². The molecule has 8 heteroatoms. The summed E-state index contributed by atoms with van der Waals surface area (Å²) in [5.74, 6) is -0.262. The first-order valence-corrected chi connectivity index (χ1v) is 11.2. The van der Waals surface area contributed by atoms with Crippen molar-refractivity contribution in [2.45, 2.75) is 50.4 Å². The van der Waals surface area contributed by atoms with Crippen LogP contribution < -0.4 is 11.5 Å². The summed E-state index contributed by atoms with van der Waals surface area (Å²) in [6, 6.07) is 11.4. The van der Waals surface area contributed by atoms with Gasteiger partial charge < -0.3 is 20.9 Å². The molecule has 0 saturated carbocycles. The number of carbonyl (C=O) groups is 2. The van der Waals surface area contributed by atoms with E-state index in [4.69, 9.17) is 20.9 Å². The summed E-state index contributed by atoms with van der Waals surface area (Å²) in [7, 11) is 0. The van der Waals surface area contributed by atoms with E-state index in [-0.39, 0.29) is 34.5 Å². The molecule has 0 bridgehead atoms. The Morgan fingerprint density at radius 1 is 0.706 bits per heavy atom. The van der Waals surface area contributed by atoms with Crippen LogP contribution in [0.1, 0.15) is 61.5 Å². The number of rotatable bonds is 2. The predicted molar refractivity (Wildman–Crippen MR) is 120 cm³/mol. The third kappa shape index (κ3) is 3.27. The highest BCUT2D eigenvalue weighted by atomic mass is 16.5. The summed E-state index contributed by atoms with van der Waals surface area (Å²) in [4.78, 5) is 25.6. The third-order valence-corrected chi connectivity index (χ3v) is 6.81. The Morgan fingerprint density at radius 2 is 1.09 bits per heavy atom. The molecule has 0 fully saturated rings. The van der Waals surface area contributed by atoms with Crippen LogP contribution in [0.2, 0.25) is 0 Å². The van der Waals surface area contributed by atoms with Gasteiger partial charge in [-0.1, -0.05) is 24.3 Å². The Kier molecular flexibility index (Phi) is 5.22. The van der Waals surface area contributed by atoms with Crippen LogP contribution in [-0.2, 0) is 19.1 Å². The van der Waals surface area contributed by atoms with Gasteiger partial charge in [-0.2, -0.15) is 10.5 Å². The van der Waals surface area contributed by atoms with Crippen molar-refractivity contribution in [2.24, 2.45) is 11.5 Å². The predicted octanol–water partition coefficient (Wildman–Crippen LogP) is 3.32. The first kappa shape index (κ1) is 21.5. The zero-order valence-corrected chi connectivity index (χ0v) is 18.4. The molecule has 4 N–H and O–H groups in total. The molecule has 170 valence electrons. The summed E-state index contributed by atoms with van der Waals surface area (Å²) >= 11 is 0. The number of Topliss-reactive ketones (excluding diaryl/α,β-unsaturated/α-hetero) is 2. The summed E-state index contributed by atoms with van der Waals surface area (Å²) in [5, 5.41) is 19.5. The van der Waals surface area contributed by atoms with Crippen molar-refractivity contribution in [3.8, 4) is 12.1 Å². The number of nitriles is 2. The Bertz CT molecular complexity index is 1230. The van der Waals surface area contributed by atoms with Crippen LogP contribution in [-0.4, -0.2) is 11.6 Å². The van der Waals surface area contributed by atoms with E-state index in [1.807, 2.05) is 0 Å². The number of ketones is 2. The van der Waals surface area contributed by atoms with Crippen molar-refractivity contribution in [1.29, 1.82) is 10.5 Å². The first-order valence-electron chi connectivity index (χ1n) is 11.2. The smallest absolute Gasteiger partial charge is 0.205 e. The van der Waals surface area contributed by atoms with Gasteiger partial charge in [-0.15, -0.1) is 0 Å². The lowest BCUT2D eigenvalue weighted by molar-refractivity contribution is -0.117. The number of hydrogen-bond donors (Lipinski definition) is 2. The molecule has 0 aromatic heterocycles. The third-order valence-electron chi connectivity index (χ3n) is 6.81. The van der Waals surface area contributed by atoms with E-state index < -0.39 is 11.8 Å². The van der Waals surface area contributed by atoms with Gasteiger partial charge in [0.1, 0.15) is 34.8 Å². The van der Waals surface area contributed by atoms with Crippen molar-refractivity contribution in [2.75, 3.05) is 0 Å². The van der Waals surface area contributed by atoms with E-state index >= 15 is 0 Å². The van der Waals surface area contributed by atoms with Gasteiger partial charge in [0.15, 0.2) is 11.6 Å². The maximum atomic E-state index is 12.8. The van der Waals surface area contributed by atoms with Crippen LogP contribution in [0.25, 0.3) is 0 Å². The lowest BCUT2D eigenvalue weighted by Gasteiger charge is -2.32. The van der Waals surface area contributed by atoms with Crippen molar-refractivity contribution >= 4 is 11.6 Å². The first-order chi connectivity index (χ1) is 16.4. The van der Waals surface area contributed by atoms with Gasteiger partial charge in [-0.25, -0.2) is 0 Å². The minimum Gasteiger partial charge on any atom is -0.444 e. The number of nitrogens with zero attached hydrogens (tertiary/aromatic N) is 2. The van der Waals surface area contributed by atoms with Gasteiger partial charge in [0.05, 0.1) is 11.8 Å². The molecule has 2 aliphatic carbocycles. The fourth-order valence-corrected chi connectivity index (χ4v) is 5.26. The molecule has 8 nitrogen and oxygen atoms in total. The van der Waals surface area contributed by atoms with Gasteiger partial charge in [-0.3, -0.25) is 9.59 Å². The molecule has 0 saturated heterocycles. The molecule has 0 amide bonds. The van der Waals surface area contributed by atoms with Crippen LogP contribution >= 0.6 is 0 Å². The number of allylic oxidation sites excluding steroid dienone is 6. The highest BCUT2D eigenvalue weighted by molar-refractivity contribution is 6.00. The highest BCUT2D eigenvalue weighted by Gasteiger charge is 2.40. The fraction of sp³-hybridized carbons (Fsp3) is 0.308. The topological polar surface area (TPSA) is 152 Å². The molecule has 5 rings (SSSR count). The number of ether oxygens (including phenoxy) is 2. The van der Waals surface area contributed by atoms with Gasteiger partial charge in [0, 0.05) is 36.8 Å². The second-order valence-corrected chi connectivity index (χ2v) is 8.74. The average Bonchev–Trinajstić information content (AvgIpc) is 2.83. The minimum atomic E-state index is -0.618. The molecular formula is C26H22N4O4. The van der Waals surface area contributed by atoms with Crippen LogP contribution in [0.4, 0.5) is 0 Å². The van der Waals surface area contributed by atoms with Crippen molar-refractivity contribution in [1.82, 2.24) is 0 Å². The molecule has 0 unspecified atom stereocenters. The molecule has 0 radical (unpaired) electrons. The zero-order chi connectivity index (χ0) is 24.0. The SMILES string of the molecule is N#CC1=C(N)OC2=C(C(=O)CCC2)[C@@H]1c1ccc([C@H]2C(C#N)=C(N)OC3=C2C(=O)CCC3)cc1. The van der Waals surface area contributed by atoms with Crippen molar-refractivity contribution in [3.05, 3.63) is 81.0 Å². The van der Waals surface area contributed by atoms with E-state index in [0.717, 1.165) is 0 Å². The second kappa shape index (κ2) is 8.24. The summed E-state index contributed by atoms with van der Waals surface area (Å²) in [6.07, 6.45) is 3.33.